The van der Waals surface area contributed by atoms with Crippen LogP contribution in [0, 0.1) is 19.3 Å². The SMILES string of the molecule is C#Cc1c(N)nc(C)nc1Cl. The molecule has 1 heterocycles. The van der Waals surface area contributed by atoms with Gasteiger partial charge >= 0.3 is 0 Å². The van der Waals surface area contributed by atoms with Crippen LogP contribution in [0.2, 0.25) is 5.15 Å². The van der Waals surface area contributed by atoms with E-state index in [0.29, 0.717) is 11.4 Å². The molecule has 1 aromatic heterocycles. The Morgan fingerprint density at radius 3 is 2.64 bits per heavy atom. The van der Waals surface area contributed by atoms with Crippen molar-refractivity contribution in [3.8, 4) is 12.3 Å². The topological polar surface area (TPSA) is 51.8 Å². The third-order valence-electron chi connectivity index (χ3n) is 1.15. The predicted octanol–water partition coefficient (Wildman–Crippen LogP) is 1.00. The second kappa shape index (κ2) is 2.77. The molecular formula is C7H6ClN3. The van der Waals surface area contributed by atoms with Crippen LogP contribution in [-0.2, 0) is 0 Å². The highest BCUT2D eigenvalue weighted by Gasteiger charge is 2.04. The normalized spacial score (nSPS) is 9.18. The molecule has 0 spiro atoms. The molecule has 56 valence electrons. The molecule has 11 heavy (non-hydrogen) atoms. The van der Waals surface area contributed by atoms with Gasteiger partial charge in [-0.15, -0.1) is 6.42 Å². The molecule has 1 rings (SSSR count). The summed E-state index contributed by atoms with van der Waals surface area (Å²) < 4.78 is 0. The van der Waals surface area contributed by atoms with Crippen LogP contribution in [0.4, 0.5) is 5.82 Å². The number of aryl methyl sites for hydroxylation is 1. The van der Waals surface area contributed by atoms with Crippen LogP contribution in [0.15, 0.2) is 0 Å². The lowest BCUT2D eigenvalue weighted by molar-refractivity contribution is 1.06. The number of nitrogen functional groups attached to an aromatic ring is 1. The van der Waals surface area contributed by atoms with Gasteiger partial charge in [0.1, 0.15) is 17.2 Å². The van der Waals surface area contributed by atoms with E-state index in [4.69, 9.17) is 23.8 Å². The van der Waals surface area contributed by atoms with Gasteiger partial charge in [0.2, 0.25) is 0 Å². The van der Waals surface area contributed by atoms with Crippen molar-refractivity contribution in [1.29, 1.82) is 0 Å². The zero-order valence-corrected chi connectivity index (χ0v) is 6.68. The molecule has 0 aliphatic heterocycles. The van der Waals surface area contributed by atoms with Crippen LogP contribution in [0.1, 0.15) is 11.4 Å². The largest absolute Gasteiger partial charge is 0.383 e. The first kappa shape index (κ1) is 7.83. The Labute approximate surface area is 69.6 Å². The van der Waals surface area contributed by atoms with Crippen LogP contribution in [0.25, 0.3) is 0 Å². The van der Waals surface area contributed by atoms with Crippen LogP contribution in [0.5, 0.6) is 0 Å². The minimum absolute atomic E-state index is 0.234. The molecule has 0 radical (unpaired) electrons. The van der Waals surface area contributed by atoms with Gasteiger partial charge in [0.05, 0.1) is 0 Å². The van der Waals surface area contributed by atoms with Gasteiger partial charge in [0.15, 0.2) is 5.15 Å². The third-order valence-corrected chi connectivity index (χ3v) is 1.42. The predicted molar refractivity (Wildman–Crippen MR) is 44.1 cm³/mol. The van der Waals surface area contributed by atoms with E-state index < -0.39 is 0 Å². The van der Waals surface area contributed by atoms with Crippen molar-refractivity contribution in [1.82, 2.24) is 9.97 Å². The second-order valence-corrected chi connectivity index (χ2v) is 2.32. The van der Waals surface area contributed by atoms with E-state index in [1.165, 1.54) is 0 Å². The summed E-state index contributed by atoms with van der Waals surface area (Å²) in [5.41, 5.74) is 5.81. The maximum absolute atomic E-state index is 5.66. The summed E-state index contributed by atoms with van der Waals surface area (Å²) in [6.45, 7) is 1.70. The highest BCUT2D eigenvalue weighted by Crippen LogP contribution is 2.16. The standard InChI is InChI=1S/C7H6ClN3/c1-3-5-6(8)10-4(2)11-7(5)9/h1H,2H3,(H2,9,10,11). The molecule has 4 heteroatoms. The van der Waals surface area contributed by atoms with Gasteiger partial charge in [0, 0.05) is 0 Å². The van der Waals surface area contributed by atoms with Crippen LogP contribution >= 0.6 is 11.6 Å². The van der Waals surface area contributed by atoms with Crippen molar-refractivity contribution in [2.75, 3.05) is 5.73 Å². The summed E-state index contributed by atoms with van der Waals surface area (Å²) in [5.74, 6) is 3.08. The molecule has 1 aromatic rings. The van der Waals surface area contributed by atoms with E-state index in [0.717, 1.165) is 0 Å². The van der Waals surface area contributed by atoms with Gasteiger partial charge in [-0.2, -0.15) is 0 Å². The smallest absolute Gasteiger partial charge is 0.150 e. The van der Waals surface area contributed by atoms with Gasteiger partial charge in [0.25, 0.3) is 0 Å². The van der Waals surface area contributed by atoms with Crippen molar-refractivity contribution in [2.45, 2.75) is 6.92 Å². The summed E-state index contributed by atoms with van der Waals surface area (Å²) in [5, 5.41) is 0.234. The van der Waals surface area contributed by atoms with Crippen LogP contribution in [-0.4, -0.2) is 9.97 Å². The quantitative estimate of drug-likeness (QED) is 0.463. The van der Waals surface area contributed by atoms with Crippen LogP contribution in [0.3, 0.4) is 0 Å². The summed E-state index contributed by atoms with van der Waals surface area (Å²) in [7, 11) is 0. The Kier molecular flexibility index (Phi) is 1.97. The van der Waals surface area contributed by atoms with Crippen molar-refractivity contribution < 1.29 is 0 Å². The fourth-order valence-corrected chi connectivity index (χ4v) is 0.966. The number of nitrogens with two attached hydrogens (primary N) is 1. The molecule has 0 saturated heterocycles. The number of hydrogen-bond acceptors (Lipinski definition) is 3. The fourth-order valence-electron chi connectivity index (χ4n) is 0.692. The molecule has 3 nitrogen and oxygen atoms in total. The van der Waals surface area contributed by atoms with Crippen molar-refractivity contribution in [2.24, 2.45) is 0 Å². The lowest BCUT2D eigenvalue weighted by atomic mass is 10.3. The molecule has 0 atom stereocenters. The Morgan fingerprint density at radius 2 is 2.18 bits per heavy atom. The Balaban J connectivity index is 3.40. The van der Waals surface area contributed by atoms with Crippen molar-refractivity contribution in [3.63, 3.8) is 0 Å². The number of aromatic nitrogens is 2. The molecule has 0 unspecified atom stereocenters. The molecule has 0 aliphatic rings. The zero-order chi connectivity index (χ0) is 8.43. The maximum Gasteiger partial charge on any atom is 0.150 e. The minimum Gasteiger partial charge on any atom is -0.383 e. The van der Waals surface area contributed by atoms with Gasteiger partial charge in [-0.1, -0.05) is 17.5 Å². The maximum atomic E-state index is 5.66. The molecular weight excluding hydrogens is 162 g/mol. The lowest BCUT2D eigenvalue weighted by Crippen LogP contribution is -2.00. The minimum atomic E-state index is 0.234. The van der Waals surface area contributed by atoms with E-state index >= 15 is 0 Å². The fraction of sp³-hybridized carbons (Fsp3) is 0.143. The highest BCUT2D eigenvalue weighted by atomic mass is 35.5. The van der Waals surface area contributed by atoms with Gasteiger partial charge in [-0.25, -0.2) is 9.97 Å². The third kappa shape index (κ3) is 1.41. The van der Waals surface area contributed by atoms with E-state index in [-0.39, 0.29) is 11.0 Å². The molecule has 0 fully saturated rings. The summed E-state index contributed by atoms with van der Waals surface area (Å²) >= 11 is 5.66. The molecule has 0 saturated carbocycles. The van der Waals surface area contributed by atoms with E-state index in [9.17, 15) is 0 Å². The second-order valence-electron chi connectivity index (χ2n) is 1.97. The molecule has 0 amide bonds. The number of anilines is 1. The van der Waals surface area contributed by atoms with E-state index in [2.05, 4.69) is 15.9 Å². The van der Waals surface area contributed by atoms with E-state index in [1.807, 2.05) is 0 Å². The Morgan fingerprint density at radius 1 is 1.55 bits per heavy atom. The first-order chi connectivity index (χ1) is 5.15. The number of nitrogens with zero attached hydrogens (tertiary/aromatic N) is 2. The van der Waals surface area contributed by atoms with Crippen LogP contribution < -0.4 is 5.73 Å². The summed E-state index contributed by atoms with van der Waals surface area (Å²) in [4.78, 5) is 7.68. The van der Waals surface area contributed by atoms with Gasteiger partial charge < -0.3 is 5.73 Å². The van der Waals surface area contributed by atoms with Crippen molar-refractivity contribution in [3.05, 3.63) is 16.5 Å². The number of hydrogen-bond donors (Lipinski definition) is 1. The number of halogens is 1. The molecule has 0 aromatic carbocycles. The van der Waals surface area contributed by atoms with Gasteiger partial charge in [-0.05, 0) is 6.92 Å². The summed E-state index contributed by atoms with van der Waals surface area (Å²) in [6.07, 6.45) is 5.11. The average Bonchev–Trinajstić information content (AvgIpc) is 1.85. The average molecular weight is 168 g/mol. The first-order valence-corrected chi connectivity index (χ1v) is 3.29. The highest BCUT2D eigenvalue weighted by molar-refractivity contribution is 6.30. The van der Waals surface area contributed by atoms with E-state index in [1.54, 1.807) is 6.92 Å². The lowest BCUT2D eigenvalue weighted by Gasteiger charge is -1.99. The Hall–Kier alpha value is -1.27. The zero-order valence-electron chi connectivity index (χ0n) is 5.93. The van der Waals surface area contributed by atoms with Crippen molar-refractivity contribution >= 4 is 17.4 Å². The molecule has 2 N–H and O–H groups in total. The number of terminal acetylenes is 1. The summed E-state index contributed by atoms with van der Waals surface area (Å²) in [6, 6.07) is 0. The Bertz CT molecular complexity index is 304. The first-order valence-electron chi connectivity index (χ1n) is 2.91. The number of rotatable bonds is 0. The molecule has 0 aliphatic carbocycles. The molecule has 0 bridgehead atoms. The monoisotopic (exact) mass is 167 g/mol. The van der Waals surface area contributed by atoms with Gasteiger partial charge in [-0.3, -0.25) is 0 Å².